The van der Waals surface area contributed by atoms with Gasteiger partial charge >= 0.3 is 0 Å². The van der Waals surface area contributed by atoms with E-state index in [1.807, 2.05) is 0 Å². The number of halogens is 1. The Bertz CT molecular complexity index is 963. The maximum atomic E-state index is 12.8. The van der Waals surface area contributed by atoms with Gasteiger partial charge in [-0.3, -0.25) is 9.71 Å². The van der Waals surface area contributed by atoms with Gasteiger partial charge in [-0.25, -0.2) is 12.8 Å². The predicted octanol–water partition coefficient (Wildman–Crippen LogP) is 3.83. The number of aromatic nitrogens is 1. The lowest BCUT2D eigenvalue weighted by atomic mass is 10.3. The number of anilines is 1. The fraction of sp³-hybridized carbons (Fsp3) is 0.105. The zero-order chi connectivity index (χ0) is 19.1. The fourth-order valence-corrected chi connectivity index (χ4v) is 3.06. The van der Waals surface area contributed by atoms with Gasteiger partial charge in [0.1, 0.15) is 35.4 Å². The van der Waals surface area contributed by atoms with Gasteiger partial charge in [0.15, 0.2) is 0 Å². The van der Waals surface area contributed by atoms with E-state index in [1.54, 1.807) is 48.8 Å². The third-order valence-corrected chi connectivity index (χ3v) is 4.70. The summed E-state index contributed by atoms with van der Waals surface area (Å²) in [7, 11) is -3.58. The number of nitrogens with zero attached hydrogens (tertiary/aromatic N) is 1. The third-order valence-electron chi connectivity index (χ3n) is 3.45. The molecule has 0 saturated carbocycles. The van der Waals surface area contributed by atoms with Gasteiger partial charge in [0.2, 0.25) is 10.0 Å². The van der Waals surface area contributed by atoms with E-state index in [9.17, 15) is 12.8 Å². The number of nitrogens with one attached hydrogen (secondary N) is 1. The fourth-order valence-electron chi connectivity index (χ4n) is 2.16. The third kappa shape index (κ3) is 5.96. The lowest BCUT2D eigenvalue weighted by Gasteiger charge is -2.10. The van der Waals surface area contributed by atoms with E-state index in [2.05, 4.69) is 9.71 Å². The van der Waals surface area contributed by atoms with Crippen molar-refractivity contribution in [2.45, 2.75) is 0 Å². The first-order chi connectivity index (χ1) is 13.0. The summed E-state index contributed by atoms with van der Waals surface area (Å²) in [6, 6.07) is 15.4. The van der Waals surface area contributed by atoms with Crippen LogP contribution in [0.5, 0.6) is 17.2 Å². The van der Waals surface area contributed by atoms with Crippen LogP contribution in [0, 0.1) is 5.82 Å². The monoisotopic (exact) mass is 388 g/mol. The van der Waals surface area contributed by atoms with Crippen LogP contribution in [0.15, 0.2) is 73.1 Å². The molecule has 1 heterocycles. The average Bonchev–Trinajstić information content (AvgIpc) is 2.65. The molecule has 0 aliphatic heterocycles. The van der Waals surface area contributed by atoms with Crippen molar-refractivity contribution in [3.05, 3.63) is 78.9 Å². The highest BCUT2D eigenvalue weighted by Gasteiger charge is 2.11. The molecular formula is C19H17FN2O4S. The molecule has 1 N–H and O–H groups in total. The van der Waals surface area contributed by atoms with Gasteiger partial charge in [0, 0.05) is 18.1 Å². The van der Waals surface area contributed by atoms with Crippen LogP contribution in [0.4, 0.5) is 10.1 Å². The standard InChI is InChI=1S/C19H17FN2O4S/c20-15-1-5-17(6-2-15)25-13-14-27(23,24)22-16-3-7-18(8-4-16)26-19-9-11-21-12-10-19/h1-12,22H,13-14H2. The Hall–Kier alpha value is -3.13. The molecule has 8 heteroatoms. The highest BCUT2D eigenvalue weighted by molar-refractivity contribution is 7.92. The van der Waals surface area contributed by atoms with Crippen molar-refractivity contribution in [2.24, 2.45) is 0 Å². The van der Waals surface area contributed by atoms with Crippen molar-refractivity contribution in [3.63, 3.8) is 0 Å². The molecule has 0 bridgehead atoms. The van der Waals surface area contributed by atoms with Crippen molar-refractivity contribution in [3.8, 4) is 17.2 Å². The summed E-state index contributed by atoms with van der Waals surface area (Å²) in [5.74, 6) is 0.997. The number of rotatable bonds is 8. The Balaban J connectivity index is 1.51. The molecule has 0 saturated heterocycles. The summed E-state index contributed by atoms with van der Waals surface area (Å²) in [6.45, 7) is -0.0514. The molecule has 0 unspecified atom stereocenters. The first-order valence-electron chi connectivity index (χ1n) is 8.07. The summed E-state index contributed by atoms with van der Waals surface area (Å²) in [5, 5.41) is 0. The molecule has 27 heavy (non-hydrogen) atoms. The Morgan fingerprint density at radius 2 is 1.44 bits per heavy atom. The predicted molar refractivity (Wildman–Crippen MR) is 100 cm³/mol. The zero-order valence-corrected chi connectivity index (χ0v) is 15.0. The molecule has 0 radical (unpaired) electrons. The van der Waals surface area contributed by atoms with E-state index >= 15 is 0 Å². The quantitative estimate of drug-likeness (QED) is 0.635. The van der Waals surface area contributed by atoms with E-state index in [-0.39, 0.29) is 18.2 Å². The van der Waals surface area contributed by atoms with Crippen LogP contribution in [0.2, 0.25) is 0 Å². The van der Waals surface area contributed by atoms with E-state index in [0.717, 1.165) is 0 Å². The molecule has 6 nitrogen and oxygen atoms in total. The van der Waals surface area contributed by atoms with Gasteiger partial charge in [-0.2, -0.15) is 0 Å². The number of pyridine rings is 1. The van der Waals surface area contributed by atoms with Crippen molar-refractivity contribution >= 4 is 15.7 Å². The molecule has 0 fully saturated rings. The number of sulfonamides is 1. The van der Waals surface area contributed by atoms with E-state index in [0.29, 0.717) is 22.9 Å². The molecule has 3 rings (SSSR count). The van der Waals surface area contributed by atoms with Crippen molar-refractivity contribution in [1.29, 1.82) is 0 Å². The summed E-state index contributed by atoms with van der Waals surface area (Å²) < 4.78 is 50.5. The van der Waals surface area contributed by atoms with E-state index in [4.69, 9.17) is 9.47 Å². The van der Waals surface area contributed by atoms with Gasteiger partial charge in [-0.15, -0.1) is 0 Å². The van der Waals surface area contributed by atoms with Crippen molar-refractivity contribution < 1.29 is 22.3 Å². The molecule has 0 amide bonds. The molecule has 0 atom stereocenters. The van der Waals surface area contributed by atoms with Crippen LogP contribution in [-0.2, 0) is 10.0 Å². The Morgan fingerprint density at radius 3 is 2.11 bits per heavy atom. The van der Waals surface area contributed by atoms with Crippen molar-refractivity contribution in [2.75, 3.05) is 17.1 Å². The van der Waals surface area contributed by atoms with Crippen LogP contribution < -0.4 is 14.2 Å². The number of hydrogen-bond acceptors (Lipinski definition) is 5. The molecule has 0 spiro atoms. The summed E-state index contributed by atoms with van der Waals surface area (Å²) >= 11 is 0. The van der Waals surface area contributed by atoms with Gasteiger partial charge in [-0.05, 0) is 60.7 Å². The average molecular weight is 388 g/mol. The number of benzene rings is 2. The molecule has 3 aromatic rings. The maximum absolute atomic E-state index is 12.8. The molecule has 140 valence electrons. The van der Waals surface area contributed by atoms with Gasteiger partial charge in [-0.1, -0.05) is 0 Å². The normalized spacial score (nSPS) is 11.0. The Kier molecular flexibility index (Phi) is 5.87. The van der Waals surface area contributed by atoms with Crippen LogP contribution in [0.3, 0.4) is 0 Å². The van der Waals surface area contributed by atoms with Gasteiger partial charge in [0.05, 0.1) is 0 Å². The highest BCUT2D eigenvalue weighted by atomic mass is 32.2. The summed E-state index contributed by atoms with van der Waals surface area (Å²) in [5.41, 5.74) is 0.416. The minimum Gasteiger partial charge on any atom is -0.492 e. The van der Waals surface area contributed by atoms with Gasteiger partial charge in [0.25, 0.3) is 0 Å². The van der Waals surface area contributed by atoms with Crippen molar-refractivity contribution in [1.82, 2.24) is 4.98 Å². The molecular weight excluding hydrogens is 371 g/mol. The van der Waals surface area contributed by atoms with Crippen LogP contribution in [0.1, 0.15) is 0 Å². The second kappa shape index (κ2) is 8.50. The maximum Gasteiger partial charge on any atom is 0.236 e. The summed E-state index contributed by atoms with van der Waals surface area (Å²) in [4.78, 5) is 3.91. The minimum absolute atomic E-state index is 0.0514. The zero-order valence-electron chi connectivity index (χ0n) is 14.2. The van der Waals surface area contributed by atoms with Crippen LogP contribution >= 0.6 is 0 Å². The molecule has 0 aliphatic carbocycles. The minimum atomic E-state index is -3.58. The summed E-state index contributed by atoms with van der Waals surface area (Å²) in [6.07, 6.45) is 3.23. The second-order valence-electron chi connectivity index (χ2n) is 5.53. The van der Waals surface area contributed by atoms with Crippen LogP contribution in [-0.4, -0.2) is 25.8 Å². The lowest BCUT2D eigenvalue weighted by molar-refractivity contribution is 0.340. The topological polar surface area (TPSA) is 77.5 Å². The number of hydrogen-bond donors (Lipinski definition) is 1. The second-order valence-corrected chi connectivity index (χ2v) is 7.37. The molecule has 2 aromatic carbocycles. The molecule has 0 aliphatic rings. The first-order valence-corrected chi connectivity index (χ1v) is 9.72. The molecule has 1 aromatic heterocycles. The van der Waals surface area contributed by atoms with Gasteiger partial charge < -0.3 is 9.47 Å². The van der Waals surface area contributed by atoms with Crippen LogP contribution in [0.25, 0.3) is 0 Å². The first kappa shape index (κ1) is 18.7. The Morgan fingerprint density at radius 1 is 0.852 bits per heavy atom. The van der Waals surface area contributed by atoms with E-state index < -0.39 is 10.0 Å². The van der Waals surface area contributed by atoms with E-state index in [1.165, 1.54) is 24.3 Å². The number of ether oxygens (including phenoxy) is 2. The largest absolute Gasteiger partial charge is 0.492 e. The Labute approximate surface area is 156 Å². The highest BCUT2D eigenvalue weighted by Crippen LogP contribution is 2.22. The SMILES string of the molecule is O=S(=O)(CCOc1ccc(F)cc1)Nc1ccc(Oc2ccncc2)cc1. The lowest BCUT2D eigenvalue weighted by Crippen LogP contribution is -2.21. The smallest absolute Gasteiger partial charge is 0.236 e.